The summed E-state index contributed by atoms with van der Waals surface area (Å²) in [5.74, 6) is -0.567. The fourth-order valence-electron chi connectivity index (χ4n) is 3.86. The van der Waals surface area contributed by atoms with Crippen LogP contribution < -0.4 is 11.1 Å². The predicted octanol–water partition coefficient (Wildman–Crippen LogP) is 1.05. The highest BCUT2D eigenvalue weighted by Gasteiger charge is 2.55. The summed E-state index contributed by atoms with van der Waals surface area (Å²) in [5, 5.41) is 3.16. The highest BCUT2D eigenvalue weighted by Crippen LogP contribution is 2.42. The summed E-state index contributed by atoms with van der Waals surface area (Å²) in [6, 6.07) is 0. The molecule has 3 N–H and O–H groups in total. The number of primary amides is 1. The van der Waals surface area contributed by atoms with E-state index in [1.54, 1.807) is 0 Å². The molecule has 2 aliphatic heterocycles. The number of hydrogen-bond acceptors (Lipinski definition) is 4. The quantitative estimate of drug-likeness (QED) is 0.535. The van der Waals surface area contributed by atoms with Crippen molar-refractivity contribution >= 4 is 29.1 Å². The fourth-order valence-corrected chi connectivity index (χ4v) is 4.22. The number of nitrogens with one attached hydrogen (secondary N) is 1. The van der Waals surface area contributed by atoms with E-state index in [1.807, 2.05) is 11.8 Å². The first-order chi connectivity index (χ1) is 10.8. The van der Waals surface area contributed by atoms with Crippen LogP contribution in [0.3, 0.4) is 0 Å². The maximum atomic E-state index is 11.8. The van der Waals surface area contributed by atoms with Crippen molar-refractivity contribution in [3.63, 3.8) is 0 Å². The molecule has 0 aromatic rings. The Hall–Kier alpha value is -1.21. The lowest BCUT2D eigenvalue weighted by molar-refractivity contribution is -0.122. The van der Waals surface area contributed by atoms with E-state index in [2.05, 4.69) is 24.1 Å². The molecule has 130 valence electrons. The molecular weight excluding hydrogens is 312 g/mol. The molecule has 0 aromatic heterocycles. The summed E-state index contributed by atoms with van der Waals surface area (Å²) >= 11 is 5.34. The van der Waals surface area contributed by atoms with Crippen LogP contribution in [0.5, 0.6) is 0 Å². The third kappa shape index (κ3) is 3.35. The summed E-state index contributed by atoms with van der Waals surface area (Å²) < 4.78 is 0. The smallest absolute Gasteiger partial charge is 0.245 e. The summed E-state index contributed by atoms with van der Waals surface area (Å²) in [6.07, 6.45) is 4.64. The molecule has 2 amide bonds. The normalized spacial score (nSPS) is 31.7. The first-order valence-corrected chi connectivity index (χ1v) is 8.89. The Morgan fingerprint density at radius 3 is 2.65 bits per heavy atom. The maximum Gasteiger partial charge on any atom is 0.245 e. The Morgan fingerprint density at radius 1 is 1.43 bits per heavy atom. The van der Waals surface area contributed by atoms with Crippen LogP contribution in [0.4, 0.5) is 0 Å². The van der Waals surface area contributed by atoms with E-state index in [9.17, 15) is 9.59 Å². The minimum Gasteiger partial charge on any atom is -0.369 e. The van der Waals surface area contributed by atoms with Crippen molar-refractivity contribution in [2.24, 2.45) is 17.6 Å². The van der Waals surface area contributed by atoms with Crippen LogP contribution in [0, 0.1) is 11.8 Å². The number of carbonyl (C=O) groups is 2. The number of nitrogens with two attached hydrogens (primary N) is 1. The monoisotopic (exact) mass is 340 g/mol. The molecule has 3 unspecified atom stereocenters. The zero-order valence-corrected chi connectivity index (χ0v) is 15.1. The van der Waals surface area contributed by atoms with Gasteiger partial charge in [-0.25, -0.2) is 0 Å². The van der Waals surface area contributed by atoms with Gasteiger partial charge in [0.05, 0.1) is 11.6 Å². The number of likely N-dealkylation sites (tertiary alicyclic amines) is 1. The van der Waals surface area contributed by atoms with Crippen molar-refractivity contribution in [3.05, 3.63) is 0 Å². The SMILES string of the molecule is CCCCCCN1CC(C(N)=O)C(C)C1(C)N1CC(=O)NC1=S. The van der Waals surface area contributed by atoms with Crippen molar-refractivity contribution < 1.29 is 9.59 Å². The second-order valence-corrected chi connectivity index (χ2v) is 7.22. The average Bonchev–Trinajstić information content (AvgIpc) is 2.95. The molecule has 0 aliphatic carbocycles. The molecule has 2 heterocycles. The van der Waals surface area contributed by atoms with Gasteiger partial charge in [-0.2, -0.15) is 0 Å². The Bertz CT molecular complexity index is 498. The largest absolute Gasteiger partial charge is 0.369 e. The van der Waals surface area contributed by atoms with E-state index < -0.39 is 5.66 Å². The van der Waals surface area contributed by atoms with E-state index in [-0.39, 0.29) is 30.2 Å². The van der Waals surface area contributed by atoms with Crippen LogP contribution in [0.15, 0.2) is 0 Å². The van der Waals surface area contributed by atoms with Gasteiger partial charge in [-0.15, -0.1) is 0 Å². The van der Waals surface area contributed by atoms with Crippen molar-refractivity contribution in [2.45, 2.75) is 52.1 Å². The first-order valence-electron chi connectivity index (χ1n) is 8.48. The molecule has 0 bridgehead atoms. The summed E-state index contributed by atoms with van der Waals surface area (Å²) in [5.41, 5.74) is 5.15. The number of nitrogens with zero attached hydrogens (tertiary/aromatic N) is 2. The Balaban J connectivity index is 2.20. The molecule has 0 saturated carbocycles. The van der Waals surface area contributed by atoms with E-state index in [0.29, 0.717) is 11.7 Å². The highest BCUT2D eigenvalue weighted by molar-refractivity contribution is 7.80. The van der Waals surface area contributed by atoms with Gasteiger partial charge in [-0.3, -0.25) is 14.5 Å². The number of hydrogen-bond donors (Lipinski definition) is 2. The molecule has 2 aliphatic rings. The van der Waals surface area contributed by atoms with Crippen LogP contribution in [-0.4, -0.2) is 52.0 Å². The lowest BCUT2D eigenvalue weighted by Crippen LogP contribution is -2.59. The standard InChI is InChI=1S/C16H28N4O2S/c1-4-5-6-7-8-19-9-12(14(17)22)11(2)16(19,3)20-10-13(21)18-15(20)23/h11-12H,4-10H2,1-3H3,(H2,17,22)(H,18,21,23). The van der Waals surface area contributed by atoms with E-state index in [1.165, 1.54) is 19.3 Å². The molecule has 2 fully saturated rings. The van der Waals surface area contributed by atoms with Crippen molar-refractivity contribution in [1.29, 1.82) is 0 Å². The summed E-state index contributed by atoms with van der Waals surface area (Å²) in [4.78, 5) is 27.8. The molecule has 7 heteroatoms. The lowest BCUT2D eigenvalue weighted by atomic mass is 9.87. The van der Waals surface area contributed by atoms with E-state index in [4.69, 9.17) is 18.0 Å². The van der Waals surface area contributed by atoms with Crippen molar-refractivity contribution in [1.82, 2.24) is 15.1 Å². The minimum absolute atomic E-state index is 0.0109. The van der Waals surface area contributed by atoms with Gasteiger partial charge in [0.15, 0.2) is 5.11 Å². The van der Waals surface area contributed by atoms with Gasteiger partial charge in [0.25, 0.3) is 0 Å². The van der Waals surface area contributed by atoms with Crippen molar-refractivity contribution in [3.8, 4) is 0 Å². The lowest BCUT2D eigenvalue weighted by Gasteiger charge is -2.45. The van der Waals surface area contributed by atoms with Gasteiger partial charge in [0.2, 0.25) is 11.8 Å². The fraction of sp³-hybridized carbons (Fsp3) is 0.812. The van der Waals surface area contributed by atoms with Gasteiger partial charge in [0, 0.05) is 19.0 Å². The molecular formula is C16H28N4O2S. The van der Waals surface area contributed by atoms with Gasteiger partial charge in [-0.05, 0) is 25.6 Å². The number of unbranched alkanes of at least 4 members (excludes halogenated alkanes) is 3. The molecule has 0 spiro atoms. The maximum absolute atomic E-state index is 11.8. The van der Waals surface area contributed by atoms with Gasteiger partial charge >= 0.3 is 0 Å². The molecule has 2 saturated heterocycles. The third-order valence-corrected chi connectivity index (χ3v) is 5.83. The summed E-state index contributed by atoms with van der Waals surface area (Å²) in [7, 11) is 0. The molecule has 3 atom stereocenters. The Labute approximate surface area is 143 Å². The Morgan fingerprint density at radius 2 is 2.13 bits per heavy atom. The number of thiocarbonyl (C=S) groups is 1. The highest BCUT2D eigenvalue weighted by atomic mass is 32.1. The van der Waals surface area contributed by atoms with E-state index in [0.717, 1.165) is 13.0 Å². The molecule has 2 rings (SSSR count). The van der Waals surface area contributed by atoms with Crippen LogP contribution in [0.25, 0.3) is 0 Å². The number of carbonyl (C=O) groups excluding carboxylic acids is 2. The molecule has 0 aromatic carbocycles. The minimum atomic E-state index is -0.456. The topological polar surface area (TPSA) is 78.7 Å². The Kier molecular flexibility index (Phi) is 5.62. The zero-order chi connectivity index (χ0) is 17.2. The average molecular weight is 340 g/mol. The molecule has 0 radical (unpaired) electrons. The molecule has 23 heavy (non-hydrogen) atoms. The van der Waals surface area contributed by atoms with Crippen LogP contribution in [0.2, 0.25) is 0 Å². The second-order valence-electron chi connectivity index (χ2n) is 6.84. The second kappa shape index (κ2) is 7.13. The van der Waals surface area contributed by atoms with E-state index >= 15 is 0 Å². The number of amides is 2. The predicted molar refractivity (Wildman–Crippen MR) is 93.4 cm³/mol. The zero-order valence-electron chi connectivity index (χ0n) is 14.3. The molecule has 6 nitrogen and oxygen atoms in total. The summed E-state index contributed by atoms with van der Waals surface area (Å²) in [6.45, 7) is 8.06. The van der Waals surface area contributed by atoms with Gasteiger partial charge in [-0.1, -0.05) is 33.1 Å². The first kappa shape index (κ1) is 18.1. The van der Waals surface area contributed by atoms with Gasteiger partial charge < -0.3 is 16.0 Å². The van der Waals surface area contributed by atoms with Crippen LogP contribution >= 0.6 is 12.2 Å². The third-order valence-electron chi connectivity index (χ3n) is 5.51. The van der Waals surface area contributed by atoms with Gasteiger partial charge in [0.1, 0.15) is 6.54 Å². The van der Waals surface area contributed by atoms with Crippen LogP contribution in [0.1, 0.15) is 46.5 Å². The van der Waals surface area contributed by atoms with Crippen molar-refractivity contribution in [2.75, 3.05) is 19.6 Å². The number of rotatable bonds is 7. The van der Waals surface area contributed by atoms with Crippen LogP contribution in [-0.2, 0) is 9.59 Å².